The molecule has 3 aromatic carbocycles. The molecule has 23 heteroatoms. The number of carbonyl (C=O) groups excluding carboxylic acids is 9. The Kier molecular flexibility index (Phi) is 24.5. The van der Waals surface area contributed by atoms with Crippen LogP contribution >= 0.6 is 0 Å². The van der Waals surface area contributed by atoms with Crippen molar-refractivity contribution >= 4 is 65.0 Å². The van der Waals surface area contributed by atoms with Crippen LogP contribution in [0.1, 0.15) is 128 Å². The third-order valence-corrected chi connectivity index (χ3v) is 18.6. The van der Waals surface area contributed by atoms with Crippen LogP contribution < -0.4 is 9.80 Å². The van der Waals surface area contributed by atoms with E-state index in [1.165, 1.54) is 61.6 Å². The zero-order valence-electron chi connectivity index (χ0n) is 56.7. The van der Waals surface area contributed by atoms with Crippen molar-refractivity contribution < 1.29 is 81.0 Å². The highest BCUT2D eigenvalue weighted by Gasteiger charge is 2.45. The minimum Gasteiger partial charge on any atom is -0.458 e. The summed E-state index contributed by atoms with van der Waals surface area (Å²) in [7, 11) is 5.78. The van der Waals surface area contributed by atoms with Gasteiger partial charge in [-0.05, 0) is 143 Å². The largest absolute Gasteiger partial charge is 0.458 e. The van der Waals surface area contributed by atoms with Crippen LogP contribution in [-0.4, -0.2) is 208 Å². The summed E-state index contributed by atoms with van der Waals surface area (Å²) in [6.45, 7) is 13.0. The zero-order valence-corrected chi connectivity index (χ0v) is 56.7. The van der Waals surface area contributed by atoms with Gasteiger partial charge in [-0.25, -0.2) is 28.8 Å². The van der Waals surface area contributed by atoms with Crippen molar-refractivity contribution in [1.82, 2.24) is 19.6 Å². The van der Waals surface area contributed by atoms with Crippen LogP contribution in [0.3, 0.4) is 0 Å². The molecule has 4 aliphatic carbocycles. The molecule has 0 N–H and O–H groups in total. The molecule has 4 saturated carbocycles. The highest BCUT2D eigenvalue weighted by Crippen LogP contribution is 2.39. The minimum atomic E-state index is -1.51. The van der Waals surface area contributed by atoms with Crippen molar-refractivity contribution in [2.75, 3.05) is 90.6 Å². The number of esters is 5. The van der Waals surface area contributed by atoms with Gasteiger partial charge < -0.3 is 62.4 Å². The SMILES string of the molecule is C[C@@H](OC(=O)[C@H](CC1CC1)N(C)C(=O)[C@@H](Cc1ccc(N2CCOCC2)cc1)OC(=O)[C@H](CC1CC1)N(C)C(=O)[C@@H](C)OC(=O)[C@H](CC1CC1)N(C)C(=O)[C@@H](Cc1ccc(N2CCOCC2)cc1)OC(=O)[C@H](CC1CC1)N(C)C(=O)OC(C)(C)C)C(=O)OCc1cc#ccc1. The lowest BCUT2D eigenvalue weighted by molar-refractivity contribution is -0.175. The molecular formula is C72H96N6O17. The number of amides is 4. The van der Waals surface area contributed by atoms with E-state index in [1.807, 2.05) is 48.5 Å². The number of likely N-dealkylation sites (N-methyl/N-ethyl adjacent to an activating group) is 4. The van der Waals surface area contributed by atoms with Gasteiger partial charge >= 0.3 is 35.9 Å². The minimum absolute atomic E-state index is 0.0372. The van der Waals surface area contributed by atoms with Crippen molar-refractivity contribution in [3.63, 3.8) is 0 Å². The maximum Gasteiger partial charge on any atom is 0.410 e. The Labute approximate surface area is 558 Å². The van der Waals surface area contributed by atoms with Gasteiger partial charge in [0.25, 0.3) is 17.7 Å². The Balaban J connectivity index is 0.914. The lowest BCUT2D eigenvalue weighted by atomic mass is 10.0. The molecule has 0 unspecified atom stereocenters. The van der Waals surface area contributed by atoms with Crippen molar-refractivity contribution in [2.45, 2.75) is 185 Å². The van der Waals surface area contributed by atoms with E-state index >= 15 is 9.59 Å². The van der Waals surface area contributed by atoms with E-state index in [1.54, 1.807) is 39.0 Å². The summed E-state index contributed by atoms with van der Waals surface area (Å²) in [4.78, 5) is 139. The topological polar surface area (TPSA) is 247 Å². The van der Waals surface area contributed by atoms with Gasteiger partial charge in [0.05, 0.1) is 26.4 Å². The maximum absolute atomic E-state index is 15.1. The number of morpholine rings is 2. The fourth-order valence-corrected chi connectivity index (χ4v) is 11.9. The smallest absolute Gasteiger partial charge is 0.410 e. The molecule has 9 rings (SSSR count). The van der Waals surface area contributed by atoms with E-state index in [0.29, 0.717) is 75.7 Å². The van der Waals surface area contributed by atoms with E-state index in [4.69, 9.17) is 37.9 Å². The summed E-state index contributed by atoms with van der Waals surface area (Å²) in [6.07, 6.45) is 0.690. The normalized spacial score (nSPS) is 18.9. The number of hydrogen-bond acceptors (Lipinski definition) is 19. The second kappa shape index (κ2) is 32.6. The molecule has 0 aromatic heterocycles. The van der Waals surface area contributed by atoms with E-state index in [0.717, 1.165) is 62.7 Å². The average Bonchev–Trinajstić information content (AvgIpc) is 1.59. The van der Waals surface area contributed by atoms with Crippen LogP contribution in [0.25, 0.3) is 0 Å². The fraction of sp³-hybridized carbons (Fsp3) is 0.625. The maximum atomic E-state index is 15.1. The third kappa shape index (κ3) is 21.0. The van der Waals surface area contributed by atoms with Gasteiger partial charge in [0, 0.05) is 78.6 Å². The van der Waals surface area contributed by atoms with Crippen molar-refractivity contribution in [3.05, 3.63) is 95.6 Å². The Morgan fingerprint density at radius 2 is 0.842 bits per heavy atom. The third-order valence-electron chi connectivity index (χ3n) is 18.6. The standard InChI is InChI=1S/C72H96N6O17/c1-46(91-67(83)57(39-48-15-16-48)74(7)65(81)62(44-53-25-29-56(30-26-53)78-33-37-89-38-34-78)94-70(86)60(42-51-21-22-51)76(9)71(87)95-72(3,4)5)63(79)73(6)59(41-50-19-20-50)69(85)93-61(43-52-23-27-55(28-24-52)77-31-35-88-36-32-77)64(80)75(8)58(40-49-17-18-49)68(84)92-47(2)66(82)90-45-54-13-11-10-12-14-54/h11,13-14,23-30,46-51,57-62H,15-22,31-45H2,1-9H3/t46-,47-,57+,58+,59+,60+,61-,62-/m1/s1. The molecule has 8 atom stereocenters. The summed E-state index contributed by atoms with van der Waals surface area (Å²) in [5, 5.41) is 0. The Morgan fingerprint density at radius 1 is 0.474 bits per heavy atom. The molecule has 23 nitrogen and oxygen atoms in total. The molecule has 4 amide bonds. The monoisotopic (exact) mass is 1320 g/mol. The summed E-state index contributed by atoms with van der Waals surface area (Å²) in [5.74, 6) is -6.00. The van der Waals surface area contributed by atoms with Gasteiger partial charge in [-0.3, -0.25) is 19.3 Å². The molecule has 6 fully saturated rings. The van der Waals surface area contributed by atoms with E-state index in [9.17, 15) is 33.6 Å². The molecule has 0 spiro atoms. The van der Waals surface area contributed by atoms with Gasteiger partial charge in [-0.2, -0.15) is 0 Å². The first-order chi connectivity index (χ1) is 45.4. The molecule has 2 saturated heterocycles. The predicted molar refractivity (Wildman–Crippen MR) is 348 cm³/mol. The zero-order chi connectivity index (χ0) is 68.1. The van der Waals surface area contributed by atoms with Crippen molar-refractivity contribution in [3.8, 4) is 0 Å². The highest BCUT2D eigenvalue weighted by molar-refractivity contribution is 5.93. The quantitative estimate of drug-likeness (QED) is 0.0447. The summed E-state index contributed by atoms with van der Waals surface area (Å²) >= 11 is 0. The van der Waals surface area contributed by atoms with E-state index < -0.39 is 108 Å². The number of anilines is 2. The van der Waals surface area contributed by atoms with Crippen LogP contribution in [0.4, 0.5) is 16.2 Å². The molecule has 3 aromatic rings. The molecule has 6 aliphatic rings. The first-order valence-corrected chi connectivity index (χ1v) is 33.8. The average molecular weight is 1320 g/mol. The molecule has 2 heterocycles. The van der Waals surface area contributed by atoms with Crippen LogP contribution in [0.2, 0.25) is 0 Å². The van der Waals surface area contributed by atoms with Gasteiger partial charge in [0.15, 0.2) is 24.4 Å². The van der Waals surface area contributed by atoms with Crippen molar-refractivity contribution in [2.24, 2.45) is 23.7 Å². The summed E-state index contributed by atoms with van der Waals surface area (Å²) in [6, 6.07) is 20.9. The Morgan fingerprint density at radius 3 is 1.21 bits per heavy atom. The molecule has 516 valence electrons. The second-order valence-corrected chi connectivity index (χ2v) is 27.6. The first-order valence-electron chi connectivity index (χ1n) is 33.8. The molecule has 2 aliphatic heterocycles. The van der Waals surface area contributed by atoms with E-state index in [-0.39, 0.29) is 62.4 Å². The predicted octanol–water partition coefficient (Wildman–Crippen LogP) is 7.09. The van der Waals surface area contributed by atoms with Crippen LogP contribution in [0.5, 0.6) is 0 Å². The number of benzene rings is 2. The van der Waals surface area contributed by atoms with Gasteiger partial charge in [-0.1, -0.05) is 87.8 Å². The lowest BCUT2D eigenvalue weighted by Gasteiger charge is -2.34. The Hall–Kier alpha value is -7.97. The lowest BCUT2D eigenvalue weighted by Crippen LogP contribution is -2.53. The first kappa shape index (κ1) is 71.3. The number of nitrogens with zero attached hydrogens (tertiary/aromatic N) is 6. The van der Waals surface area contributed by atoms with Crippen LogP contribution in [-0.2, 0) is 95.7 Å². The van der Waals surface area contributed by atoms with Crippen LogP contribution in [0.15, 0.2) is 66.7 Å². The van der Waals surface area contributed by atoms with Crippen LogP contribution in [0, 0.1) is 35.8 Å². The fourth-order valence-electron chi connectivity index (χ4n) is 11.9. The van der Waals surface area contributed by atoms with Gasteiger partial charge in [0.2, 0.25) is 0 Å². The number of ether oxygens (including phenoxy) is 8. The van der Waals surface area contributed by atoms with Gasteiger partial charge in [0.1, 0.15) is 36.4 Å². The number of hydrogen-bond donors (Lipinski definition) is 0. The van der Waals surface area contributed by atoms with Gasteiger partial charge in [-0.15, -0.1) is 0 Å². The Bertz CT molecular complexity index is 3120. The van der Waals surface area contributed by atoms with E-state index in [2.05, 4.69) is 21.9 Å². The molecule has 0 radical (unpaired) electrons. The number of carbonyl (C=O) groups is 9. The summed E-state index contributed by atoms with van der Waals surface area (Å²) in [5.41, 5.74) is 3.02. The molecule has 95 heavy (non-hydrogen) atoms. The van der Waals surface area contributed by atoms with Crippen molar-refractivity contribution in [1.29, 1.82) is 0 Å². The second-order valence-electron chi connectivity index (χ2n) is 27.6. The molecule has 0 bridgehead atoms. The summed E-state index contributed by atoms with van der Waals surface area (Å²) < 4.78 is 46.5. The number of rotatable bonds is 32. The highest BCUT2D eigenvalue weighted by atomic mass is 16.6. The molecular weight excluding hydrogens is 1220 g/mol.